The van der Waals surface area contributed by atoms with Crippen molar-refractivity contribution in [2.75, 3.05) is 7.11 Å². The Kier molecular flexibility index (Phi) is 4.39. The van der Waals surface area contributed by atoms with Crippen molar-refractivity contribution in [3.8, 4) is 11.4 Å². The Morgan fingerprint density at radius 2 is 1.96 bits per heavy atom. The second-order valence-electron chi connectivity index (χ2n) is 5.75. The van der Waals surface area contributed by atoms with E-state index in [-0.39, 0.29) is 0 Å². The molecule has 0 radical (unpaired) electrons. The molecule has 1 unspecified atom stereocenters. The second-order valence-corrected chi connectivity index (χ2v) is 6.46. The lowest BCUT2D eigenvalue weighted by atomic mass is 9.92. The molecule has 23 heavy (non-hydrogen) atoms. The molecule has 0 bridgehead atoms. The third-order valence-corrected chi connectivity index (χ3v) is 4.92. The number of hydrogen-bond acceptors (Lipinski definition) is 3. The minimum absolute atomic E-state index is 0.505. The summed E-state index contributed by atoms with van der Waals surface area (Å²) in [5, 5.41) is 10.7. The molecule has 5 heteroatoms. The van der Waals surface area contributed by atoms with Gasteiger partial charge in [-0.15, -0.1) is 10.2 Å². The fourth-order valence-electron chi connectivity index (χ4n) is 2.92. The molecule has 0 saturated carbocycles. The van der Waals surface area contributed by atoms with Gasteiger partial charge in [-0.1, -0.05) is 26.0 Å². The average Bonchev–Trinajstić information content (AvgIpc) is 2.91. The van der Waals surface area contributed by atoms with Crippen molar-refractivity contribution in [3.05, 3.63) is 46.5 Å². The third-order valence-electron chi connectivity index (χ3n) is 4.40. The Morgan fingerprint density at radius 3 is 2.57 bits per heavy atom. The largest absolute Gasteiger partial charge is 0.497 e. The molecule has 1 heterocycles. The summed E-state index contributed by atoms with van der Waals surface area (Å²) < 4.78 is 8.15. The standard InChI is InChI=1S/C18H20BrN3O/c1-5-11(2)14-8-9-17(22-12(3)20-21-18(22)19)16-10-13(23-4)6-7-15(14)16/h6-11H,5H2,1-4H3. The van der Waals surface area contributed by atoms with Gasteiger partial charge in [0.1, 0.15) is 11.6 Å². The molecule has 0 aliphatic heterocycles. The van der Waals surface area contributed by atoms with Crippen molar-refractivity contribution in [2.24, 2.45) is 0 Å². The van der Waals surface area contributed by atoms with Crippen LogP contribution >= 0.6 is 15.9 Å². The number of nitrogens with zero attached hydrogens (tertiary/aromatic N) is 3. The first-order valence-electron chi connectivity index (χ1n) is 7.75. The maximum Gasteiger partial charge on any atom is 0.204 e. The number of benzene rings is 2. The summed E-state index contributed by atoms with van der Waals surface area (Å²) in [6.07, 6.45) is 1.11. The molecule has 3 rings (SSSR count). The number of ether oxygens (including phenoxy) is 1. The Hall–Kier alpha value is -1.88. The Labute approximate surface area is 144 Å². The van der Waals surface area contributed by atoms with Crippen LogP contribution in [0.3, 0.4) is 0 Å². The van der Waals surface area contributed by atoms with Crippen LogP contribution in [0.4, 0.5) is 0 Å². The van der Waals surface area contributed by atoms with Crippen LogP contribution in [0, 0.1) is 6.92 Å². The summed E-state index contributed by atoms with van der Waals surface area (Å²) >= 11 is 3.49. The monoisotopic (exact) mass is 373 g/mol. The number of rotatable bonds is 4. The lowest BCUT2D eigenvalue weighted by Gasteiger charge is -2.17. The number of aryl methyl sites for hydroxylation is 1. The van der Waals surface area contributed by atoms with Crippen LogP contribution < -0.4 is 4.74 Å². The van der Waals surface area contributed by atoms with Gasteiger partial charge in [0.25, 0.3) is 0 Å². The zero-order chi connectivity index (χ0) is 16.6. The molecular formula is C18H20BrN3O. The Morgan fingerprint density at radius 1 is 1.17 bits per heavy atom. The molecule has 1 aromatic heterocycles. The van der Waals surface area contributed by atoms with Crippen LogP contribution in [0.2, 0.25) is 0 Å². The molecule has 0 spiro atoms. The van der Waals surface area contributed by atoms with Gasteiger partial charge in [-0.2, -0.15) is 0 Å². The van der Waals surface area contributed by atoms with Gasteiger partial charge in [-0.3, -0.25) is 4.57 Å². The van der Waals surface area contributed by atoms with Crippen molar-refractivity contribution >= 4 is 26.7 Å². The molecule has 0 saturated heterocycles. The van der Waals surface area contributed by atoms with Gasteiger partial charge in [-0.25, -0.2) is 0 Å². The normalized spacial score (nSPS) is 12.6. The van der Waals surface area contributed by atoms with Crippen LogP contribution in [0.1, 0.15) is 37.6 Å². The first-order valence-corrected chi connectivity index (χ1v) is 8.54. The van der Waals surface area contributed by atoms with Gasteiger partial charge in [-0.05, 0) is 64.3 Å². The van der Waals surface area contributed by atoms with Crippen molar-refractivity contribution in [2.45, 2.75) is 33.1 Å². The van der Waals surface area contributed by atoms with Gasteiger partial charge in [0.2, 0.25) is 4.73 Å². The molecule has 0 aliphatic carbocycles. The molecular weight excluding hydrogens is 354 g/mol. The quantitative estimate of drug-likeness (QED) is 0.644. The van der Waals surface area contributed by atoms with Crippen molar-refractivity contribution in [1.29, 1.82) is 0 Å². The van der Waals surface area contributed by atoms with Crippen molar-refractivity contribution in [1.82, 2.24) is 14.8 Å². The smallest absolute Gasteiger partial charge is 0.204 e. The van der Waals surface area contributed by atoms with E-state index < -0.39 is 0 Å². The van der Waals surface area contributed by atoms with Crippen molar-refractivity contribution in [3.63, 3.8) is 0 Å². The maximum atomic E-state index is 5.43. The number of halogens is 1. The number of fused-ring (bicyclic) bond motifs is 1. The minimum atomic E-state index is 0.505. The summed E-state index contributed by atoms with van der Waals surface area (Å²) in [6.45, 7) is 6.43. The Balaban J connectivity index is 2.35. The van der Waals surface area contributed by atoms with Gasteiger partial charge in [0.05, 0.1) is 12.8 Å². The number of hydrogen-bond donors (Lipinski definition) is 0. The molecule has 0 fully saturated rings. The van der Waals surface area contributed by atoms with E-state index >= 15 is 0 Å². The van der Waals surface area contributed by atoms with Crippen LogP contribution in [0.25, 0.3) is 16.5 Å². The molecule has 4 nitrogen and oxygen atoms in total. The van der Waals surface area contributed by atoms with Gasteiger partial charge < -0.3 is 4.74 Å². The van der Waals surface area contributed by atoms with E-state index in [9.17, 15) is 0 Å². The first-order chi connectivity index (χ1) is 11.1. The van der Waals surface area contributed by atoms with Crippen molar-refractivity contribution < 1.29 is 4.74 Å². The van der Waals surface area contributed by atoms with Gasteiger partial charge in [0.15, 0.2) is 0 Å². The van der Waals surface area contributed by atoms with Crippen LogP contribution in [0.15, 0.2) is 35.1 Å². The molecule has 120 valence electrons. The highest BCUT2D eigenvalue weighted by Gasteiger charge is 2.16. The molecule has 2 aromatic carbocycles. The molecule has 0 N–H and O–H groups in total. The fourth-order valence-corrected chi connectivity index (χ4v) is 3.44. The van der Waals surface area contributed by atoms with E-state index in [1.54, 1.807) is 7.11 Å². The minimum Gasteiger partial charge on any atom is -0.497 e. The lowest BCUT2D eigenvalue weighted by Crippen LogP contribution is -2.01. The summed E-state index contributed by atoms with van der Waals surface area (Å²) in [6, 6.07) is 10.6. The predicted octanol–water partition coefficient (Wildman–Crippen LogP) is 5.01. The Bertz CT molecular complexity index is 837. The maximum absolute atomic E-state index is 5.43. The SMILES string of the molecule is CCC(C)c1ccc(-n2c(C)nnc2Br)c2cc(OC)ccc12. The van der Waals surface area contributed by atoms with Gasteiger partial charge >= 0.3 is 0 Å². The zero-order valence-electron chi connectivity index (χ0n) is 13.8. The highest BCUT2D eigenvalue weighted by Crippen LogP contribution is 2.35. The summed E-state index contributed by atoms with van der Waals surface area (Å²) in [5.74, 6) is 2.20. The van der Waals surface area contributed by atoms with Gasteiger partial charge in [0, 0.05) is 5.39 Å². The lowest BCUT2D eigenvalue weighted by molar-refractivity contribution is 0.415. The summed E-state index contributed by atoms with van der Waals surface area (Å²) in [7, 11) is 1.69. The van der Waals surface area contributed by atoms with Crippen LogP contribution in [0.5, 0.6) is 5.75 Å². The molecule has 0 amide bonds. The number of aromatic nitrogens is 3. The van der Waals surface area contributed by atoms with E-state index in [0.29, 0.717) is 10.7 Å². The van der Waals surface area contributed by atoms with Crippen LogP contribution in [-0.2, 0) is 0 Å². The highest BCUT2D eigenvalue weighted by molar-refractivity contribution is 9.10. The number of methoxy groups -OCH3 is 1. The first kappa shape index (κ1) is 16.0. The molecule has 0 aliphatic rings. The zero-order valence-corrected chi connectivity index (χ0v) is 15.4. The van der Waals surface area contributed by atoms with E-state index in [2.05, 4.69) is 64.2 Å². The third kappa shape index (κ3) is 2.74. The second kappa shape index (κ2) is 6.32. The molecule has 1 atom stereocenters. The average molecular weight is 374 g/mol. The fraction of sp³-hybridized carbons (Fsp3) is 0.333. The summed E-state index contributed by atoms with van der Waals surface area (Å²) in [5.41, 5.74) is 2.41. The van der Waals surface area contributed by atoms with E-state index in [1.807, 2.05) is 17.6 Å². The highest BCUT2D eigenvalue weighted by atomic mass is 79.9. The predicted molar refractivity (Wildman–Crippen MR) is 96.6 cm³/mol. The molecule has 3 aromatic rings. The van der Waals surface area contributed by atoms with E-state index in [0.717, 1.165) is 29.1 Å². The van der Waals surface area contributed by atoms with Crippen LogP contribution in [-0.4, -0.2) is 21.9 Å². The van der Waals surface area contributed by atoms with E-state index in [4.69, 9.17) is 4.74 Å². The topological polar surface area (TPSA) is 39.9 Å². The van der Waals surface area contributed by atoms with E-state index in [1.165, 1.54) is 10.9 Å². The summed E-state index contributed by atoms with van der Waals surface area (Å²) in [4.78, 5) is 0.